The van der Waals surface area contributed by atoms with Crippen molar-refractivity contribution in [1.29, 1.82) is 0 Å². The van der Waals surface area contributed by atoms with Crippen molar-refractivity contribution >= 4 is 16.9 Å². The average Bonchev–Trinajstić information content (AvgIpc) is 3.02. The Morgan fingerprint density at radius 1 is 1.44 bits per heavy atom. The number of nitrogens with zero attached hydrogens (tertiary/aromatic N) is 1. The highest BCUT2D eigenvalue weighted by Crippen LogP contribution is 2.49. The van der Waals surface area contributed by atoms with Crippen molar-refractivity contribution in [3.8, 4) is 0 Å². The number of hydrogen-bond donors (Lipinski definition) is 1. The second kappa shape index (κ2) is 5.41. The van der Waals surface area contributed by atoms with E-state index in [1.165, 1.54) is 49.4 Å². The van der Waals surface area contributed by atoms with Crippen LogP contribution in [0.25, 0.3) is 0 Å². The highest BCUT2D eigenvalue weighted by atomic mass is 32.2. The van der Waals surface area contributed by atoms with E-state index in [1.807, 2.05) is 11.8 Å². The molecule has 0 bridgehead atoms. The standard InChI is InChI=1S/C14H24N2OS/c1-17-8-7-14(5-6-14)10-15-13-16-12-4-2-3-11(12)9-18-13/h11-12H,2-10H2,1H3,(H,15,16). The quantitative estimate of drug-likeness (QED) is 0.832. The summed E-state index contributed by atoms with van der Waals surface area (Å²) in [5.74, 6) is 2.18. The molecule has 18 heavy (non-hydrogen) atoms. The minimum atomic E-state index is 0.484. The van der Waals surface area contributed by atoms with E-state index >= 15 is 0 Å². The normalized spacial score (nSPS) is 35.3. The number of fused-ring (bicyclic) bond motifs is 1. The SMILES string of the molecule is COCCC1(CN=C2NC3CCCC3CS2)CC1. The van der Waals surface area contributed by atoms with Crippen molar-refractivity contribution in [2.45, 2.75) is 44.6 Å². The van der Waals surface area contributed by atoms with E-state index in [0.29, 0.717) is 5.41 Å². The molecule has 0 amide bonds. The van der Waals surface area contributed by atoms with E-state index in [2.05, 4.69) is 5.32 Å². The third-order valence-electron chi connectivity index (χ3n) is 4.75. The van der Waals surface area contributed by atoms with Gasteiger partial charge in [0.05, 0.1) is 0 Å². The fourth-order valence-corrected chi connectivity index (χ4v) is 4.29. The molecule has 3 rings (SSSR count). The molecule has 0 radical (unpaired) electrons. The lowest BCUT2D eigenvalue weighted by Gasteiger charge is -2.28. The zero-order valence-corrected chi connectivity index (χ0v) is 12.1. The Balaban J connectivity index is 1.51. The Morgan fingerprint density at radius 2 is 2.33 bits per heavy atom. The summed E-state index contributed by atoms with van der Waals surface area (Å²) in [7, 11) is 1.79. The Kier molecular flexibility index (Phi) is 3.85. The maximum absolute atomic E-state index is 5.20. The van der Waals surface area contributed by atoms with Gasteiger partial charge >= 0.3 is 0 Å². The van der Waals surface area contributed by atoms with Gasteiger partial charge in [-0.1, -0.05) is 18.2 Å². The first-order chi connectivity index (χ1) is 8.81. The molecule has 2 aliphatic carbocycles. The molecule has 2 saturated carbocycles. The van der Waals surface area contributed by atoms with Crippen molar-refractivity contribution in [2.75, 3.05) is 26.0 Å². The molecule has 2 unspecified atom stereocenters. The molecule has 1 aliphatic heterocycles. The zero-order chi connectivity index (χ0) is 12.4. The van der Waals surface area contributed by atoms with Gasteiger partial charge < -0.3 is 10.1 Å². The summed E-state index contributed by atoms with van der Waals surface area (Å²) < 4.78 is 5.20. The predicted octanol–water partition coefficient (Wildman–Crippen LogP) is 2.66. The molecular weight excluding hydrogens is 244 g/mol. The zero-order valence-electron chi connectivity index (χ0n) is 11.3. The summed E-state index contributed by atoms with van der Waals surface area (Å²) in [6, 6.07) is 0.721. The van der Waals surface area contributed by atoms with Crippen molar-refractivity contribution in [2.24, 2.45) is 16.3 Å². The average molecular weight is 268 g/mol. The third-order valence-corrected chi connectivity index (χ3v) is 5.87. The number of methoxy groups -OCH3 is 1. The Labute approximate surface area is 114 Å². The third kappa shape index (κ3) is 2.85. The molecule has 1 N–H and O–H groups in total. The summed E-state index contributed by atoms with van der Waals surface area (Å²) in [4.78, 5) is 4.84. The number of nitrogens with one attached hydrogen (secondary N) is 1. The second-order valence-corrected chi connectivity index (χ2v) is 7.13. The topological polar surface area (TPSA) is 33.6 Å². The van der Waals surface area contributed by atoms with Gasteiger partial charge in [0.1, 0.15) is 0 Å². The van der Waals surface area contributed by atoms with Crippen LogP contribution in [0.1, 0.15) is 38.5 Å². The highest BCUT2D eigenvalue weighted by molar-refractivity contribution is 8.13. The summed E-state index contributed by atoms with van der Waals surface area (Å²) in [5.41, 5.74) is 0.484. The molecule has 4 heteroatoms. The van der Waals surface area contributed by atoms with E-state index in [0.717, 1.165) is 25.1 Å². The molecule has 1 heterocycles. The highest BCUT2D eigenvalue weighted by Gasteiger charge is 2.42. The molecule has 3 fully saturated rings. The van der Waals surface area contributed by atoms with Gasteiger partial charge in [0.15, 0.2) is 5.17 Å². The van der Waals surface area contributed by atoms with Gasteiger partial charge in [-0.05, 0) is 43.4 Å². The lowest BCUT2D eigenvalue weighted by atomic mass is 10.0. The molecule has 3 aliphatic rings. The molecule has 2 atom stereocenters. The fraction of sp³-hybridized carbons (Fsp3) is 0.929. The Morgan fingerprint density at radius 3 is 3.11 bits per heavy atom. The number of amidine groups is 1. The molecule has 0 aromatic carbocycles. The Bertz CT molecular complexity index is 328. The van der Waals surface area contributed by atoms with Gasteiger partial charge in [-0.25, -0.2) is 0 Å². The predicted molar refractivity (Wildman–Crippen MR) is 77.2 cm³/mol. The molecule has 0 aromatic heterocycles. The van der Waals surface area contributed by atoms with Gasteiger partial charge in [-0.15, -0.1) is 0 Å². The van der Waals surface area contributed by atoms with Gasteiger partial charge in [-0.2, -0.15) is 0 Å². The number of ether oxygens (including phenoxy) is 1. The van der Waals surface area contributed by atoms with E-state index in [9.17, 15) is 0 Å². The van der Waals surface area contributed by atoms with Crippen LogP contribution in [0, 0.1) is 11.3 Å². The van der Waals surface area contributed by atoms with Crippen LogP contribution in [0.2, 0.25) is 0 Å². The number of hydrogen-bond acceptors (Lipinski definition) is 3. The van der Waals surface area contributed by atoms with E-state index in [-0.39, 0.29) is 0 Å². The fourth-order valence-electron chi connectivity index (χ4n) is 3.13. The number of rotatable bonds is 5. The maximum atomic E-state index is 5.20. The van der Waals surface area contributed by atoms with Crippen LogP contribution < -0.4 is 5.32 Å². The van der Waals surface area contributed by atoms with Crippen LogP contribution in [0.4, 0.5) is 0 Å². The van der Waals surface area contributed by atoms with E-state index in [1.54, 1.807) is 7.11 Å². The number of thioether (sulfide) groups is 1. The lowest BCUT2D eigenvalue weighted by molar-refractivity contribution is 0.174. The molecule has 3 nitrogen and oxygen atoms in total. The van der Waals surface area contributed by atoms with Crippen LogP contribution in [0.15, 0.2) is 4.99 Å². The molecular formula is C14H24N2OS. The van der Waals surface area contributed by atoms with E-state index in [4.69, 9.17) is 9.73 Å². The summed E-state index contributed by atoms with van der Waals surface area (Å²) in [6.45, 7) is 1.89. The van der Waals surface area contributed by atoms with Crippen LogP contribution >= 0.6 is 11.8 Å². The van der Waals surface area contributed by atoms with Gasteiger partial charge in [0.2, 0.25) is 0 Å². The molecule has 0 spiro atoms. The van der Waals surface area contributed by atoms with Crippen LogP contribution in [0.3, 0.4) is 0 Å². The Hall–Kier alpha value is -0.220. The van der Waals surface area contributed by atoms with Crippen molar-refractivity contribution in [3.63, 3.8) is 0 Å². The summed E-state index contributed by atoms with van der Waals surface area (Å²) in [5, 5.41) is 4.86. The largest absolute Gasteiger partial charge is 0.385 e. The van der Waals surface area contributed by atoms with E-state index < -0.39 is 0 Å². The first kappa shape index (κ1) is 12.8. The minimum absolute atomic E-state index is 0.484. The summed E-state index contributed by atoms with van der Waals surface area (Å²) in [6.07, 6.45) is 8.01. The van der Waals surface area contributed by atoms with Crippen LogP contribution in [-0.2, 0) is 4.74 Å². The van der Waals surface area contributed by atoms with Gasteiger partial charge in [-0.3, -0.25) is 4.99 Å². The minimum Gasteiger partial charge on any atom is -0.385 e. The molecule has 102 valence electrons. The van der Waals surface area contributed by atoms with Crippen molar-refractivity contribution in [1.82, 2.24) is 5.32 Å². The van der Waals surface area contributed by atoms with Crippen LogP contribution in [-0.4, -0.2) is 37.2 Å². The molecule has 1 saturated heterocycles. The maximum Gasteiger partial charge on any atom is 0.156 e. The first-order valence-corrected chi connectivity index (χ1v) is 8.23. The molecule has 0 aromatic rings. The van der Waals surface area contributed by atoms with Crippen molar-refractivity contribution in [3.05, 3.63) is 0 Å². The first-order valence-electron chi connectivity index (χ1n) is 7.24. The lowest BCUT2D eigenvalue weighted by Crippen LogP contribution is -2.41. The second-order valence-electron chi connectivity index (χ2n) is 6.12. The van der Waals surface area contributed by atoms with Gasteiger partial charge in [0, 0.05) is 32.1 Å². The number of aliphatic imine (C=N–C) groups is 1. The summed E-state index contributed by atoms with van der Waals surface area (Å²) >= 11 is 1.94. The van der Waals surface area contributed by atoms with Crippen LogP contribution in [0.5, 0.6) is 0 Å². The van der Waals surface area contributed by atoms with Gasteiger partial charge in [0.25, 0.3) is 0 Å². The smallest absolute Gasteiger partial charge is 0.156 e. The van der Waals surface area contributed by atoms with Crippen molar-refractivity contribution < 1.29 is 4.74 Å². The monoisotopic (exact) mass is 268 g/mol.